The van der Waals surface area contributed by atoms with Gasteiger partial charge in [-0.05, 0) is 43.5 Å². The third kappa shape index (κ3) is 5.09. The zero-order valence-corrected chi connectivity index (χ0v) is 19.2. The number of nitrogens with zero attached hydrogens (tertiary/aromatic N) is 1. The van der Waals surface area contributed by atoms with E-state index in [0.717, 1.165) is 17.5 Å². The molecule has 4 rings (SSSR count). The van der Waals surface area contributed by atoms with Crippen LogP contribution in [0.1, 0.15) is 45.8 Å². The van der Waals surface area contributed by atoms with Crippen molar-refractivity contribution in [2.75, 3.05) is 12.4 Å². The number of fused-ring (bicyclic) bond motifs is 1. The molecular weight excluding hydrogens is 442 g/mol. The van der Waals surface area contributed by atoms with Crippen LogP contribution >= 0.6 is 11.6 Å². The van der Waals surface area contributed by atoms with E-state index in [1.54, 1.807) is 18.2 Å². The van der Waals surface area contributed by atoms with Gasteiger partial charge in [-0.2, -0.15) is 5.10 Å². The van der Waals surface area contributed by atoms with Crippen molar-refractivity contribution in [1.82, 2.24) is 5.43 Å². The molecular formula is C25H24ClN3O4. The smallest absolute Gasteiger partial charge is 0.291 e. The molecule has 7 nitrogen and oxygen atoms in total. The normalized spacial score (nSPS) is 14.0. The van der Waals surface area contributed by atoms with Crippen LogP contribution in [0.4, 0.5) is 5.69 Å². The second-order valence-electron chi connectivity index (χ2n) is 7.76. The maximum Gasteiger partial charge on any atom is 0.291 e. The van der Waals surface area contributed by atoms with Gasteiger partial charge in [-0.1, -0.05) is 41.9 Å². The van der Waals surface area contributed by atoms with Crippen molar-refractivity contribution >= 4 is 34.8 Å². The quantitative estimate of drug-likeness (QED) is 0.506. The van der Waals surface area contributed by atoms with Crippen molar-refractivity contribution in [2.24, 2.45) is 5.10 Å². The summed E-state index contributed by atoms with van der Waals surface area (Å²) in [5, 5.41) is 7.65. The lowest BCUT2D eigenvalue weighted by atomic mass is 9.93. The van der Waals surface area contributed by atoms with Crippen molar-refractivity contribution in [3.05, 3.63) is 81.8 Å². The molecule has 0 fully saturated rings. The number of hydrogen-bond donors (Lipinski definition) is 2. The van der Waals surface area contributed by atoms with E-state index in [0.29, 0.717) is 46.3 Å². The first kappa shape index (κ1) is 22.6. The van der Waals surface area contributed by atoms with E-state index in [1.165, 1.54) is 7.11 Å². The minimum absolute atomic E-state index is 0.201. The molecule has 1 heterocycles. The van der Waals surface area contributed by atoms with Gasteiger partial charge in [-0.15, -0.1) is 0 Å². The van der Waals surface area contributed by atoms with E-state index < -0.39 is 5.91 Å². The molecule has 170 valence electrons. The second-order valence-corrected chi connectivity index (χ2v) is 8.20. The number of carbonyl (C=O) groups excluding carboxylic acids is 2. The number of ether oxygens (including phenoxy) is 1. The molecule has 0 saturated heterocycles. The SMILES string of the molecule is COc1ccc(Cl)cc1NC(=O)c1oc2c(c1C)/C(=N/NC(=O)Cc1ccccc1)CCC2. The Bertz CT molecular complexity index is 1220. The van der Waals surface area contributed by atoms with Gasteiger partial charge in [0.15, 0.2) is 5.76 Å². The minimum atomic E-state index is -0.407. The van der Waals surface area contributed by atoms with Gasteiger partial charge in [0, 0.05) is 22.6 Å². The molecule has 8 heteroatoms. The molecule has 0 saturated carbocycles. The number of anilines is 1. The van der Waals surface area contributed by atoms with E-state index >= 15 is 0 Å². The summed E-state index contributed by atoms with van der Waals surface area (Å²) in [4.78, 5) is 25.3. The Hall–Kier alpha value is -3.58. The number of amides is 2. The van der Waals surface area contributed by atoms with Crippen LogP contribution in [0.15, 0.2) is 58.0 Å². The Morgan fingerprint density at radius 1 is 1.15 bits per heavy atom. The molecule has 1 aliphatic rings. The highest BCUT2D eigenvalue weighted by Gasteiger charge is 2.28. The fourth-order valence-corrected chi connectivity index (χ4v) is 4.08. The molecule has 2 N–H and O–H groups in total. The monoisotopic (exact) mass is 465 g/mol. The fraction of sp³-hybridized carbons (Fsp3) is 0.240. The number of nitrogens with one attached hydrogen (secondary N) is 2. The number of halogens is 1. The van der Waals surface area contributed by atoms with Gasteiger partial charge in [0.05, 0.1) is 24.9 Å². The highest BCUT2D eigenvalue weighted by Crippen LogP contribution is 2.32. The van der Waals surface area contributed by atoms with Gasteiger partial charge in [0.25, 0.3) is 5.91 Å². The summed E-state index contributed by atoms with van der Waals surface area (Å²) in [5.74, 6) is 0.776. The van der Waals surface area contributed by atoms with Gasteiger partial charge in [0.2, 0.25) is 5.91 Å². The molecule has 0 atom stereocenters. The van der Waals surface area contributed by atoms with Crippen LogP contribution in [0.5, 0.6) is 5.75 Å². The van der Waals surface area contributed by atoms with E-state index in [2.05, 4.69) is 15.8 Å². The standard InChI is InChI=1S/C25H24ClN3O4/c1-15-23-18(28-29-22(30)13-16-7-4-3-5-8-16)9-6-10-21(23)33-24(15)25(31)27-19-14-17(26)11-12-20(19)32-2/h3-5,7-8,11-12,14H,6,9-10,13H2,1-2H3,(H,27,31)(H,29,30)/b28-18+. The largest absolute Gasteiger partial charge is 0.495 e. The molecule has 0 bridgehead atoms. The summed E-state index contributed by atoms with van der Waals surface area (Å²) in [6, 6.07) is 14.5. The molecule has 3 aromatic rings. The molecule has 0 aliphatic heterocycles. The molecule has 33 heavy (non-hydrogen) atoms. The van der Waals surface area contributed by atoms with Crippen molar-refractivity contribution in [3.8, 4) is 5.75 Å². The van der Waals surface area contributed by atoms with Gasteiger partial charge >= 0.3 is 0 Å². The Labute approximate surface area is 196 Å². The van der Waals surface area contributed by atoms with E-state index in [9.17, 15) is 9.59 Å². The number of carbonyl (C=O) groups is 2. The predicted molar refractivity (Wildman–Crippen MR) is 127 cm³/mol. The Kier molecular flexibility index (Phi) is 6.79. The average Bonchev–Trinajstić information content (AvgIpc) is 3.16. The number of rotatable bonds is 6. The topological polar surface area (TPSA) is 92.9 Å². The van der Waals surface area contributed by atoms with E-state index in [1.807, 2.05) is 37.3 Å². The zero-order valence-electron chi connectivity index (χ0n) is 18.4. The van der Waals surface area contributed by atoms with Crippen molar-refractivity contribution < 1.29 is 18.7 Å². The Morgan fingerprint density at radius 3 is 2.70 bits per heavy atom. The number of methoxy groups -OCH3 is 1. The summed E-state index contributed by atoms with van der Waals surface area (Å²) in [6.07, 6.45) is 2.43. The number of hydrogen-bond acceptors (Lipinski definition) is 5. The third-order valence-electron chi connectivity index (χ3n) is 5.46. The van der Waals surface area contributed by atoms with Crippen LogP contribution in [-0.2, 0) is 17.6 Å². The predicted octanol–water partition coefficient (Wildman–Crippen LogP) is 4.90. The third-order valence-corrected chi connectivity index (χ3v) is 5.70. The average molecular weight is 466 g/mol. The van der Waals surface area contributed by atoms with Gasteiger partial charge in [-0.25, -0.2) is 5.43 Å². The number of aryl methyl sites for hydroxylation is 1. The van der Waals surface area contributed by atoms with Crippen LogP contribution < -0.4 is 15.5 Å². The summed E-state index contributed by atoms with van der Waals surface area (Å²) >= 11 is 6.07. The fourth-order valence-electron chi connectivity index (χ4n) is 3.90. The zero-order chi connectivity index (χ0) is 23.4. The lowest BCUT2D eigenvalue weighted by molar-refractivity contribution is -0.120. The summed E-state index contributed by atoms with van der Waals surface area (Å²) in [7, 11) is 1.52. The first-order valence-electron chi connectivity index (χ1n) is 10.6. The Morgan fingerprint density at radius 2 is 1.94 bits per heavy atom. The molecule has 2 amide bonds. The van der Waals surface area contributed by atoms with E-state index in [-0.39, 0.29) is 18.1 Å². The maximum absolute atomic E-state index is 13.0. The van der Waals surface area contributed by atoms with Crippen molar-refractivity contribution in [3.63, 3.8) is 0 Å². The molecule has 2 aromatic carbocycles. The first-order chi connectivity index (χ1) is 16.0. The van der Waals surface area contributed by atoms with Crippen LogP contribution in [0.2, 0.25) is 5.02 Å². The van der Waals surface area contributed by atoms with Crippen LogP contribution in [0.25, 0.3) is 0 Å². The number of hydrazone groups is 1. The number of furan rings is 1. The molecule has 0 spiro atoms. The van der Waals surface area contributed by atoms with Crippen LogP contribution in [0, 0.1) is 6.92 Å². The molecule has 0 radical (unpaired) electrons. The van der Waals surface area contributed by atoms with Crippen molar-refractivity contribution in [1.29, 1.82) is 0 Å². The van der Waals surface area contributed by atoms with Gasteiger partial charge in [0.1, 0.15) is 11.5 Å². The molecule has 1 aliphatic carbocycles. The maximum atomic E-state index is 13.0. The summed E-state index contributed by atoms with van der Waals surface area (Å²) in [6.45, 7) is 1.82. The highest BCUT2D eigenvalue weighted by atomic mass is 35.5. The molecule has 1 aromatic heterocycles. The second kappa shape index (κ2) is 9.92. The van der Waals surface area contributed by atoms with Gasteiger partial charge in [-0.3, -0.25) is 9.59 Å². The lowest BCUT2D eigenvalue weighted by Crippen LogP contribution is -2.23. The van der Waals surface area contributed by atoms with Gasteiger partial charge < -0.3 is 14.5 Å². The van der Waals surface area contributed by atoms with Crippen LogP contribution in [0.3, 0.4) is 0 Å². The molecule has 0 unspecified atom stereocenters. The minimum Gasteiger partial charge on any atom is -0.495 e. The summed E-state index contributed by atoms with van der Waals surface area (Å²) in [5.41, 5.74) is 6.17. The van der Waals surface area contributed by atoms with Crippen LogP contribution in [-0.4, -0.2) is 24.6 Å². The van der Waals surface area contributed by atoms with E-state index in [4.69, 9.17) is 20.8 Å². The first-order valence-corrected chi connectivity index (χ1v) is 11.0. The highest BCUT2D eigenvalue weighted by molar-refractivity contribution is 6.31. The summed E-state index contributed by atoms with van der Waals surface area (Å²) < 4.78 is 11.2. The number of benzene rings is 2. The lowest BCUT2D eigenvalue weighted by Gasteiger charge is -2.13. The van der Waals surface area contributed by atoms with Crippen molar-refractivity contribution in [2.45, 2.75) is 32.6 Å². The Balaban J connectivity index is 1.54.